The van der Waals surface area contributed by atoms with E-state index >= 15 is 0 Å². The zero-order chi connectivity index (χ0) is 13.3. The molecule has 0 bridgehead atoms. The van der Waals surface area contributed by atoms with Crippen LogP contribution in [0, 0.1) is 5.82 Å². The molecule has 0 aromatic heterocycles. The van der Waals surface area contributed by atoms with E-state index in [1.54, 1.807) is 6.07 Å². The van der Waals surface area contributed by atoms with Crippen molar-refractivity contribution < 1.29 is 4.39 Å². The van der Waals surface area contributed by atoms with Crippen molar-refractivity contribution in [2.75, 3.05) is 31.6 Å². The number of hydrogen-bond donors (Lipinski definition) is 0. The number of halogens is 2. The van der Waals surface area contributed by atoms with E-state index in [9.17, 15) is 4.39 Å². The van der Waals surface area contributed by atoms with Crippen LogP contribution in [0.15, 0.2) is 18.2 Å². The normalized spacial score (nSPS) is 20.2. The molecule has 2 nitrogen and oxygen atoms in total. The molecule has 2 rings (SSSR count). The second kappa shape index (κ2) is 5.17. The van der Waals surface area contributed by atoms with Gasteiger partial charge in [-0.15, -0.1) is 0 Å². The highest BCUT2D eigenvalue weighted by atomic mass is 79.9. The average molecular weight is 315 g/mol. The van der Waals surface area contributed by atoms with Crippen LogP contribution in [-0.4, -0.2) is 37.1 Å². The molecule has 1 aliphatic heterocycles. The molecule has 0 aliphatic carbocycles. The van der Waals surface area contributed by atoms with Crippen LogP contribution in [0.25, 0.3) is 0 Å². The molecule has 100 valence electrons. The van der Waals surface area contributed by atoms with Crippen LogP contribution >= 0.6 is 15.9 Å². The highest BCUT2D eigenvalue weighted by molar-refractivity contribution is 9.08. The van der Waals surface area contributed by atoms with Crippen molar-refractivity contribution in [3.63, 3.8) is 0 Å². The minimum absolute atomic E-state index is 0.0821. The number of nitrogens with zero attached hydrogens (tertiary/aromatic N) is 2. The van der Waals surface area contributed by atoms with Crippen molar-refractivity contribution in [1.29, 1.82) is 0 Å². The molecule has 0 N–H and O–H groups in total. The molecule has 0 saturated carbocycles. The lowest BCUT2D eigenvalue weighted by Crippen LogP contribution is -2.57. The summed E-state index contributed by atoms with van der Waals surface area (Å²) >= 11 is 3.35. The zero-order valence-electron chi connectivity index (χ0n) is 11.2. The monoisotopic (exact) mass is 314 g/mol. The second-order valence-corrected chi connectivity index (χ2v) is 6.14. The Hall–Kier alpha value is -0.610. The molecule has 4 heteroatoms. The summed E-state index contributed by atoms with van der Waals surface area (Å²) in [5.74, 6) is -0.118. The maximum Gasteiger partial charge on any atom is 0.146 e. The number of anilines is 1. The van der Waals surface area contributed by atoms with Crippen molar-refractivity contribution in [1.82, 2.24) is 4.90 Å². The molecule has 1 aromatic carbocycles. The van der Waals surface area contributed by atoms with Crippen molar-refractivity contribution in [3.05, 3.63) is 29.6 Å². The summed E-state index contributed by atoms with van der Waals surface area (Å²) in [6.07, 6.45) is 0. The van der Waals surface area contributed by atoms with Crippen LogP contribution in [0.4, 0.5) is 10.1 Å². The maximum atomic E-state index is 14.1. The lowest BCUT2D eigenvalue weighted by molar-refractivity contribution is 0.138. The van der Waals surface area contributed by atoms with Gasteiger partial charge in [-0.3, -0.25) is 4.90 Å². The lowest BCUT2D eigenvalue weighted by Gasteiger charge is -2.46. The third-order valence-electron chi connectivity index (χ3n) is 3.82. The van der Waals surface area contributed by atoms with Crippen LogP contribution in [0.5, 0.6) is 0 Å². The fraction of sp³-hybridized carbons (Fsp3) is 0.571. The molecule has 1 aliphatic rings. The first kappa shape index (κ1) is 13.8. The fourth-order valence-corrected chi connectivity index (χ4v) is 2.68. The molecule has 0 spiro atoms. The number of hydrogen-bond acceptors (Lipinski definition) is 2. The molecule has 0 radical (unpaired) electrons. The molecule has 1 saturated heterocycles. The van der Waals surface area contributed by atoms with Crippen molar-refractivity contribution >= 4 is 21.6 Å². The van der Waals surface area contributed by atoms with Crippen LogP contribution in [0.3, 0.4) is 0 Å². The van der Waals surface area contributed by atoms with E-state index in [0.717, 1.165) is 30.9 Å². The topological polar surface area (TPSA) is 6.48 Å². The van der Waals surface area contributed by atoms with Gasteiger partial charge in [-0.2, -0.15) is 0 Å². The Morgan fingerprint density at radius 2 is 2.06 bits per heavy atom. The second-order valence-electron chi connectivity index (χ2n) is 5.57. The van der Waals surface area contributed by atoms with Gasteiger partial charge >= 0.3 is 0 Å². The molecule has 1 fully saturated rings. The predicted molar refractivity (Wildman–Crippen MR) is 78.0 cm³/mol. The maximum absolute atomic E-state index is 14.1. The summed E-state index contributed by atoms with van der Waals surface area (Å²) in [4.78, 5) is 4.47. The number of piperazine rings is 1. The van der Waals surface area contributed by atoms with E-state index < -0.39 is 0 Å². The third kappa shape index (κ3) is 2.69. The molecule has 0 unspecified atom stereocenters. The van der Waals surface area contributed by atoms with E-state index in [2.05, 4.69) is 46.6 Å². The van der Waals surface area contributed by atoms with Crippen LogP contribution in [0.1, 0.15) is 19.4 Å². The Bertz CT molecular complexity index is 434. The van der Waals surface area contributed by atoms with Gasteiger partial charge in [-0.25, -0.2) is 4.39 Å². The first-order valence-corrected chi connectivity index (χ1v) is 7.37. The first-order chi connectivity index (χ1) is 8.44. The van der Waals surface area contributed by atoms with Gasteiger partial charge in [0.25, 0.3) is 0 Å². The Labute approximate surface area is 117 Å². The first-order valence-electron chi connectivity index (χ1n) is 6.24. The summed E-state index contributed by atoms with van der Waals surface area (Å²) < 4.78 is 14.1. The quantitative estimate of drug-likeness (QED) is 0.773. The Kier molecular flexibility index (Phi) is 3.97. The highest BCUT2D eigenvalue weighted by Crippen LogP contribution is 2.27. The molecule has 0 amide bonds. The van der Waals surface area contributed by atoms with Crippen LogP contribution < -0.4 is 4.90 Å². The number of rotatable bonds is 2. The van der Waals surface area contributed by atoms with Crippen molar-refractivity contribution in [3.8, 4) is 0 Å². The van der Waals surface area contributed by atoms with Gasteiger partial charge in [-0.05, 0) is 38.6 Å². The summed E-state index contributed by atoms with van der Waals surface area (Å²) in [7, 11) is 2.13. The summed E-state index contributed by atoms with van der Waals surface area (Å²) in [6.45, 7) is 7.10. The SMILES string of the molecule is CN1CCN(c2ccc(CBr)cc2F)CC1(C)C. The largest absolute Gasteiger partial charge is 0.366 e. The molecular weight excluding hydrogens is 295 g/mol. The zero-order valence-corrected chi connectivity index (χ0v) is 12.8. The van der Waals surface area contributed by atoms with Gasteiger partial charge in [0.05, 0.1) is 5.69 Å². The van der Waals surface area contributed by atoms with E-state index in [1.165, 1.54) is 0 Å². The van der Waals surface area contributed by atoms with E-state index in [0.29, 0.717) is 5.33 Å². The van der Waals surface area contributed by atoms with Crippen LogP contribution in [-0.2, 0) is 5.33 Å². The van der Waals surface area contributed by atoms with E-state index in [4.69, 9.17) is 0 Å². The number of alkyl halides is 1. The van der Waals surface area contributed by atoms with Gasteiger partial charge in [0.2, 0.25) is 0 Å². The van der Waals surface area contributed by atoms with Gasteiger partial charge in [0, 0.05) is 30.5 Å². The van der Waals surface area contributed by atoms with Crippen LogP contribution in [0.2, 0.25) is 0 Å². The Morgan fingerprint density at radius 1 is 1.33 bits per heavy atom. The van der Waals surface area contributed by atoms with Gasteiger partial charge in [-0.1, -0.05) is 22.0 Å². The number of likely N-dealkylation sites (N-methyl/N-ethyl adjacent to an activating group) is 1. The summed E-state index contributed by atoms with van der Waals surface area (Å²) in [6, 6.07) is 5.50. The standard InChI is InChI=1S/C14H20BrFN2/c1-14(2)10-18(7-6-17(14)3)13-5-4-11(9-15)8-12(13)16/h4-5,8H,6-7,9-10H2,1-3H3. The average Bonchev–Trinajstić information content (AvgIpc) is 2.32. The van der Waals surface area contributed by atoms with E-state index in [1.807, 2.05) is 12.1 Å². The smallest absolute Gasteiger partial charge is 0.146 e. The molecule has 18 heavy (non-hydrogen) atoms. The van der Waals surface area contributed by atoms with E-state index in [-0.39, 0.29) is 11.4 Å². The molecule has 1 heterocycles. The Balaban J connectivity index is 2.22. The molecule has 1 aromatic rings. The fourth-order valence-electron chi connectivity index (χ4n) is 2.34. The molecular formula is C14H20BrFN2. The number of benzene rings is 1. The minimum Gasteiger partial charge on any atom is -0.366 e. The summed E-state index contributed by atoms with van der Waals surface area (Å²) in [5, 5.41) is 0.693. The lowest BCUT2D eigenvalue weighted by atomic mass is 9.99. The highest BCUT2D eigenvalue weighted by Gasteiger charge is 2.31. The van der Waals surface area contributed by atoms with Gasteiger partial charge in [0.15, 0.2) is 0 Å². The minimum atomic E-state index is -0.118. The van der Waals surface area contributed by atoms with Gasteiger partial charge < -0.3 is 4.90 Å². The van der Waals surface area contributed by atoms with Crippen molar-refractivity contribution in [2.24, 2.45) is 0 Å². The predicted octanol–water partition coefficient (Wildman–Crippen LogP) is 3.25. The third-order valence-corrected chi connectivity index (χ3v) is 4.47. The molecule has 0 atom stereocenters. The van der Waals surface area contributed by atoms with Gasteiger partial charge in [0.1, 0.15) is 5.82 Å². The van der Waals surface area contributed by atoms with Crippen molar-refractivity contribution in [2.45, 2.75) is 24.7 Å². The summed E-state index contributed by atoms with van der Waals surface area (Å²) in [5.41, 5.74) is 1.78. The Morgan fingerprint density at radius 3 is 2.61 bits per heavy atom.